The van der Waals surface area contributed by atoms with Gasteiger partial charge in [0, 0.05) is 25.8 Å². The zero-order chi connectivity index (χ0) is 11.4. The summed E-state index contributed by atoms with van der Waals surface area (Å²) in [6.45, 7) is 5.01. The minimum absolute atomic E-state index is 0.429. The van der Waals surface area contributed by atoms with Crippen molar-refractivity contribution in [3.8, 4) is 6.07 Å². The van der Waals surface area contributed by atoms with E-state index in [1.54, 1.807) is 12.3 Å². The van der Waals surface area contributed by atoms with E-state index in [0.29, 0.717) is 17.7 Å². The third-order valence-corrected chi connectivity index (χ3v) is 2.68. The monoisotopic (exact) mass is 217 g/mol. The van der Waals surface area contributed by atoms with Crippen molar-refractivity contribution in [3.63, 3.8) is 0 Å². The number of hydrogen-bond donors (Lipinski definition) is 1. The molecule has 0 spiro atoms. The van der Waals surface area contributed by atoms with Crippen LogP contribution in [0.3, 0.4) is 0 Å². The minimum atomic E-state index is 0.429. The maximum Gasteiger partial charge on any atom is 0.226 e. The SMILES string of the molecule is CCCN(c1nccc(C#N)n1)C1CNC1. The molecule has 1 fully saturated rings. The van der Waals surface area contributed by atoms with Gasteiger partial charge in [-0.3, -0.25) is 0 Å². The first kappa shape index (κ1) is 10.8. The van der Waals surface area contributed by atoms with Crippen LogP contribution in [0.1, 0.15) is 19.0 Å². The van der Waals surface area contributed by atoms with E-state index in [2.05, 4.69) is 27.1 Å². The number of anilines is 1. The molecule has 16 heavy (non-hydrogen) atoms. The Bertz CT molecular complexity index is 394. The molecule has 0 radical (unpaired) electrons. The fourth-order valence-corrected chi connectivity index (χ4v) is 1.73. The Hall–Kier alpha value is -1.67. The smallest absolute Gasteiger partial charge is 0.226 e. The maximum absolute atomic E-state index is 8.81. The normalized spacial score (nSPS) is 15.2. The van der Waals surface area contributed by atoms with Crippen molar-refractivity contribution in [2.45, 2.75) is 19.4 Å². The van der Waals surface area contributed by atoms with Gasteiger partial charge in [0.2, 0.25) is 5.95 Å². The third kappa shape index (κ3) is 2.12. The number of hydrogen-bond acceptors (Lipinski definition) is 5. The Labute approximate surface area is 95.1 Å². The van der Waals surface area contributed by atoms with Gasteiger partial charge in [0.05, 0.1) is 6.04 Å². The van der Waals surface area contributed by atoms with Crippen LogP contribution in [0.4, 0.5) is 5.95 Å². The zero-order valence-corrected chi connectivity index (χ0v) is 9.35. The van der Waals surface area contributed by atoms with Crippen LogP contribution in [0, 0.1) is 11.3 Å². The highest BCUT2D eigenvalue weighted by Crippen LogP contribution is 2.14. The van der Waals surface area contributed by atoms with Crippen molar-refractivity contribution >= 4 is 5.95 Å². The Morgan fingerprint density at radius 3 is 3.00 bits per heavy atom. The standard InChI is InChI=1S/C11H15N5/c1-2-5-16(10-7-13-8-10)11-14-4-3-9(6-12)15-11/h3-4,10,13H,2,5,7-8H2,1H3. The highest BCUT2D eigenvalue weighted by atomic mass is 15.3. The van der Waals surface area contributed by atoms with E-state index in [1.807, 2.05) is 6.07 Å². The first-order chi connectivity index (χ1) is 7.85. The molecule has 2 rings (SSSR count). The first-order valence-corrected chi connectivity index (χ1v) is 5.55. The average molecular weight is 217 g/mol. The number of aromatic nitrogens is 2. The molecule has 1 aliphatic rings. The van der Waals surface area contributed by atoms with E-state index >= 15 is 0 Å². The number of rotatable bonds is 4. The molecule has 1 aromatic rings. The Morgan fingerprint density at radius 1 is 1.62 bits per heavy atom. The van der Waals surface area contributed by atoms with Gasteiger partial charge in [-0.1, -0.05) is 6.92 Å². The maximum atomic E-state index is 8.81. The van der Waals surface area contributed by atoms with Crippen LogP contribution in [0.15, 0.2) is 12.3 Å². The number of nitrogens with one attached hydrogen (secondary N) is 1. The van der Waals surface area contributed by atoms with Crippen LogP contribution in [0.2, 0.25) is 0 Å². The molecule has 2 heterocycles. The summed E-state index contributed by atoms with van der Waals surface area (Å²) in [7, 11) is 0. The van der Waals surface area contributed by atoms with Crippen molar-refractivity contribution in [2.24, 2.45) is 0 Å². The van der Waals surface area contributed by atoms with Crippen molar-refractivity contribution in [2.75, 3.05) is 24.5 Å². The Kier molecular flexibility index (Phi) is 3.32. The fraction of sp³-hybridized carbons (Fsp3) is 0.545. The van der Waals surface area contributed by atoms with Crippen molar-refractivity contribution in [3.05, 3.63) is 18.0 Å². The molecule has 5 nitrogen and oxygen atoms in total. The van der Waals surface area contributed by atoms with Gasteiger partial charge in [0.15, 0.2) is 0 Å². The van der Waals surface area contributed by atoms with Crippen molar-refractivity contribution in [1.29, 1.82) is 5.26 Å². The molecule has 0 unspecified atom stereocenters. The molecular weight excluding hydrogens is 202 g/mol. The predicted molar refractivity (Wildman–Crippen MR) is 61.0 cm³/mol. The first-order valence-electron chi connectivity index (χ1n) is 5.55. The number of nitriles is 1. The predicted octanol–water partition coefficient (Wildman–Crippen LogP) is 0.536. The molecule has 84 valence electrons. The molecule has 1 aromatic heterocycles. The molecule has 1 saturated heterocycles. The van der Waals surface area contributed by atoms with Gasteiger partial charge in [-0.2, -0.15) is 5.26 Å². The van der Waals surface area contributed by atoms with Gasteiger partial charge in [-0.15, -0.1) is 0 Å². The van der Waals surface area contributed by atoms with E-state index in [0.717, 1.165) is 26.1 Å². The third-order valence-electron chi connectivity index (χ3n) is 2.68. The largest absolute Gasteiger partial charge is 0.335 e. The Balaban J connectivity index is 2.20. The van der Waals surface area contributed by atoms with Crippen molar-refractivity contribution in [1.82, 2.24) is 15.3 Å². The van der Waals surface area contributed by atoms with Crippen LogP contribution < -0.4 is 10.2 Å². The van der Waals surface area contributed by atoms with Gasteiger partial charge >= 0.3 is 0 Å². The van der Waals surface area contributed by atoms with Gasteiger partial charge in [-0.25, -0.2) is 9.97 Å². The van der Waals surface area contributed by atoms with Crippen LogP contribution in [0.5, 0.6) is 0 Å². The molecule has 0 amide bonds. The van der Waals surface area contributed by atoms with Crippen LogP contribution >= 0.6 is 0 Å². The molecule has 0 atom stereocenters. The van der Waals surface area contributed by atoms with Crippen LogP contribution in [-0.2, 0) is 0 Å². The highest BCUT2D eigenvalue weighted by Gasteiger charge is 2.25. The summed E-state index contributed by atoms with van der Waals surface area (Å²) in [5, 5.41) is 12.0. The molecular formula is C11H15N5. The molecule has 1 aliphatic heterocycles. The topological polar surface area (TPSA) is 64.8 Å². The average Bonchev–Trinajstić information content (AvgIpc) is 2.26. The molecule has 0 aliphatic carbocycles. The van der Waals surface area contributed by atoms with Crippen LogP contribution in [-0.4, -0.2) is 35.6 Å². The van der Waals surface area contributed by atoms with Crippen molar-refractivity contribution < 1.29 is 0 Å². The summed E-state index contributed by atoms with van der Waals surface area (Å²) in [4.78, 5) is 10.7. The van der Waals surface area contributed by atoms with Gasteiger partial charge in [0.1, 0.15) is 11.8 Å². The zero-order valence-electron chi connectivity index (χ0n) is 9.35. The van der Waals surface area contributed by atoms with Gasteiger partial charge in [0.25, 0.3) is 0 Å². The lowest BCUT2D eigenvalue weighted by molar-refractivity contribution is 0.408. The highest BCUT2D eigenvalue weighted by molar-refractivity contribution is 5.36. The summed E-state index contributed by atoms with van der Waals surface area (Å²) in [5.41, 5.74) is 0.429. The molecule has 5 heteroatoms. The summed E-state index contributed by atoms with van der Waals surface area (Å²) >= 11 is 0. The molecule has 0 saturated carbocycles. The van der Waals surface area contributed by atoms with E-state index in [1.165, 1.54) is 0 Å². The molecule has 1 N–H and O–H groups in total. The molecule has 0 aromatic carbocycles. The second-order valence-electron chi connectivity index (χ2n) is 3.86. The summed E-state index contributed by atoms with van der Waals surface area (Å²) < 4.78 is 0. The summed E-state index contributed by atoms with van der Waals surface area (Å²) in [5.74, 6) is 0.674. The van der Waals surface area contributed by atoms with E-state index in [9.17, 15) is 0 Å². The van der Waals surface area contributed by atoms with E-state index in [-0.39, 0.29) is 0 Å². The van der Waals surface area contributed by atoms with Gasteiger partial charge < -0.3 is 10.2 Å². The fourth-order valence-electron chi connectivity index (χ4n) is 1.73. The lowest BCUT2D eigenvalue weighted by atomic mass is 10.1. The second kappa shape index (κ2) is 4.90. The summed E-state index contributed by atoms with van der Waals surface area (Å²) in [6, 6.07) is 4.14. The van der Waals surface area contributed by atoms with Gasteiger partial charge in [-0.05, 0) is 12.5 Å². The molecule has 0 bridgehead atoms. The quantitative estimate of drug-likeness (QED) is 0.797. The Morgan fingerprint density at radius 2 is 2.44 bits per heavy atom. The lowest BCUT2D eigenvalue weighted by Crippen LogP contribution is -2.58. The minimum Gasteiger partial charge on any atom is -0.335 e. The van der Waals surface area contributed by atoms with E-state index in [4.69, 9.17) is 5.26 Å². The van der Waals surface area contributed by atoms with E-state index < -0.39 is 0 Å². The summed E-state index contributed by atoms with van der Waals surface area (Å²) in [6.07, 6.45) is 2.70. The number of nitrogens with zero attached hydrogens (tertiary/aromatic N) is 4. The van der Waals surface area contributed by atoms with Crippen LogP contribution in [0.25, 0.3) is 0 Å². The second-order valence-corrected chi connectivity index (χ2v) is 3.86. The lowest BCUT2D eigenvalue weighted by Gasteiger charge is -2.38.